The number of rotatable bonds is 7. The van der Waals surface area contributed by atoms with Crippen LogP contribution in [-0.2, 0) is 27.2 Å². The highest BCUT2D eigenvalue weighted by Gasteiger charge is 2.34. The Morgan fingerprint density at radius 3 is 2.00 bits per heavy atom. The number of carbonyl (C=O) groups is 2. The summed E-state index contributed by atoms with van der Waals surface area (Å²) in [6.45, 7) is 5.62. The van der Waals surface area contributed by atoms with Gasteiger partial charge in [-0.05, 0) is 37.8 Å². The minimum atomic E-state index is -0.457. The van der Waals surface area contributed by atoms with E-state index in [0.717, 1.165) is 22.3 Å². The number of hydrogen-bond donors (Lipinski definition) is 2. The van der Waals surface area contributed by atoms with E-state index in [1.54, 1.807) is 0 Å². The lowest BCUT2D eigenvalue weighted by molar-refractivity contribution is -0.125. The molecule has 154 valence electrons. The van der Waals surface area contributed by atoms with Gasteiger partial charge in [0.2, 0.25) is 11.8 Å². The third kappa shape index (κ3) is 6.43. The van der Waals surface area contributed by atoms with Gasteiger partial charge in [0.15, 0.2) is 0 Å². The first-order valence-corrected chi connectivity index (χ1v) is 10.2. The van der Waals surface area contributed by atoms with Gasteiger partial charge in [-0.15, -0.1) is 0 Å². The van der Waals surface area contributed by atoms with Crippen molar-refractivity contribution in [1.29, 1.82) is 0 Å². The van der Waals surface area contributed by atoms with Crippen molar-refractivity contribution in [1.82, 2.24) is 10.6 Å². The zero-order chi connectivity index (χ0) is 20.7. The van der Waals surface area contributed by atoms with E-state index >= 15 is 0 Å². The topological polar surface area (TPSA) is 67.4 Å². The Morgan fingerprint density at radius 2 is 1.45 bits per heavy atom. The molecule has 0 saturated carbocycles. The lowest BCUT2D eigenvalue weighted by atomic mass is 9.89. The molecule has 0 radical (unpaired) electrons. The van der Waals surface area contributed by atoms with Crippen LogP contribution in [0, 0.1) is 13.8 Å². The van der Waals surface area contributed by atoms with Crippen LogP contribution in [0.2, 0.25) is 0 Å². The van der Waals surface area contributed by atoms with E-state index in [1.165, 1.54) is 0 Å². The zero-order valence-electron chi connectivity index (χ0n) is 17.3. The molecule has 5 nitrogen and oxygen atoms in total. The predicted octanol–water partition coefficient (Wildman–Crippen LogP) is 2.87. The minimum Gasteiger partial charge on any atom is -0.381 e. The van der Waals surface area contributed by atoms with Crippen molar-refractivity contribution < 1.29 is 14.3 Å². The number of benzene rings is 2. The van der Waals surface area contributed by atoms with Crippen molar-refractivity contribution >= 4 is 11.8 Å². The van der Waals surface area contributed by atoms with Gasteiger partial charge in [-0.1, -0.05) is 59.7 Å². The summed E-state index contributed by atoms with van der Waals surface area (Å²) in [6, 6.07) is 15.9. The summed E-state index contributed by atoms with van der Waals surface area (Å²) < 4.78 is 5.49. The van der Waals surface area contributed by atoms with E-state index in [0.29, 0.717) is 45.4 Å². The van der Waals surface area contributed by atoms with Gasteiger partial charge in [-0.2, -0.15) is 0 Å². The average Bonchev–Trinajstić information content (AvgIpc) is 2.67. The Morgan fingerprint density at radius 1 is 0.897 bits per heavy atom. The molecule has 0 spiro atoms. The van der Waals surface area contributed by atoms with E-state index in [9.17, 15) is 9.59 Å². The highest BCUT2D eigenvalue weighted by atomic mass is 16.5. The molecule has 5 heteroatoms. The van der Waals surface area contributed by atoms with Crippen LogP contribution in [0.3, 0.4) is 0 Å². The van der Waals surface area contributed by atoms with Crippen molar-refractivity contribution in [3.63, 3.8) is 0 Å². The van der Waals surface area contributed by atoms with E-state index in [-0.39, 0.29) is 11.8 Å². The molecule has 2 aromatic rings. The van der Waals surface area contributed by atoms with E-state index in [1.807, 2.05) is 62.4 Å². The minimum absolute atomic E-state index is 0.0227. The summed E-state index contributed by atoms with van der Waals surface area (Å²) in [5.41, 5.74) is 3.81. The van der Waals surface area contributed by atoms with Gasteiger partial charge >= 0.3 is 0 Å². The first kappa shape index (κ1) is 21.1. The van der Waals surface area contributed by atoms with Gasteiger partial charge in [0.1, 0.15) is 0 Å². The third-order valence-electron chi connectivity index (χ3n) is 5.37. The Labute approximate surface area is 172 Å². The highest BCUT2D eigenvalue weighted by molar-refractivity contribution is 5.80. The molecule has 0 aromatic heterocycles. The molecule has 1 heterocycles. The van der Waals surface area contributed by atoms with Gasteiger partial charge in [0.05, 0.1) is 18.4 Å². The maximum atomic E-state index is 12.7. The van der Waals surface area contributed by atoms with Crippen LogP contribution >= 0.6 is 0 Å². The second-order valence-electron chi connectivity index (χ2n) is 8.05. The molecule has 1 aliphatic heterocycles. The highest BCUT2D eigenvalue weighted by Crippen LogP contribution is 2.20. The molecule has 29 heavy (non-hydrogen) atoms. The van der Waals surface area contributed by atoms with Crippen LogP contribution < -0.4 is 10.6 Å². The Hall–Kier alpha value is -2.66. The molecule has 1 aliphatic rings. The first-order chi connectivity index (χ1) is 13.9. The van der Waals surface area contributed by atoms with Gasteiger partial charge < -0.3 is 15.4 Å². The Bertz CT molecular complexity index is 857. The third-order valence-corrected chi connectivity index (χ3v) is 5.37. The number of nitrogens with one attached hydrogen (secondary N) is 2. The molecule has 0 bridgehead atoms. The lowest BCUT2D eigenvalue weighted by Crippen LogP contribution is -2.58. The molecule has 2 aromatic carbocycles. The number of aryl methyl sites for hydroxylation is 2. The Kier molecular flexibility index (Phi) is 7.04. The van der Waals surface area contributed by atoms with Crippen molar-refractivity contribution in [2.45, 2.75) is 45.1 Å². The molecular weight excluding hydrogens is 364 g/mol. The largest absolute Gasteiger partial charge is 0.381 e. The number of ether oxygens (including phenoxy) is 1. The number of carbonyl (C=O) groups excluding carboxylic acids is 2. The smallest absolute Gasteiger partial charge is 0.224 e. The molecular formula is C24H30N2O3. The van der Waals surface area contributed by atoms with Crippen LogP contribution in [0.4, 0.5) is 0 Å². The predicted molar refractivity (Wildman–Crippen MR) is 114 cm³/mol. The fourth-order valence-corrected chi connectivity index (χ4v) is 3.79. The van der Waals surface area contributed by atoms with Gasteiger partial charge in [0, 0.05) is 19.8 Å². The maximum absolute atomic E-state index is 12.7. The van der Waals surface area contributed by atoms with Crippen LogP contribution in [0.25, 0.3) is 0 Å². The van der Waals surface area contributed by atoms with Crippen molar-refractivity contribution in [3.05, 3.63) is 70.8 Å². The Balaban J connectivity index is 1.59. The summed E-state index contributed by atoms with van der Waals surface area (Å²) in [4.78, 5) is 25.2. The van der Waals surface area contributed by atoms with Crippen LogP contribution in [0.5, 0.6) is 0 Å². The molecule has 0 unspecified atom stereocenters. The molecule has 1 saturated heterocycles. The van der Waals surface area contributed by atoms with E-state index < -0.39 is 5.54 Å². The quantitative estimate of drug-likeness (QED) is 0.759. The fraction of sp³-hybridized carbons (Fsp3) is 0.417. The summed E-state index contributed by atoms with van der Waals surface area (Å²) in [7, 11) is 0. The maximum Gasteiger partial charge on any atom is 0.224 e. The van der Waals surface area contributed by atoms with E-state index in [2.05, 4.69) is 10.6 Å². The number of hydrogen-bond acceptors (Lipinski definition) is 3. The second kappa shape index (κ2) is 9.70. The van der Waals surface area contributed by atoms with Gasteiger partial charge in [-0.3, -0.25) is 9.59 Å². The molecule has 0 aliphatic carbocycles. The molecule has 2 amide bonds. The standard InChI is InChI=1S/C24H30N2O3/c1-18-5-3-7-20(13-18)15-22(27)25-17-24(9-11-29-12-10-24)26-23(28)16-21-8-4-6-19(2)14-21/h3-8,13-14H,9-12,15-17H2,1-2H3,(H,25,27)(H,26,28). The average molecular weight is 395 g/mol. The molecule has 1 fully saturated rings. The zero-order valence-corrected chi connectivity index (χ0v) is 17.3. The van der Waals surface area contributed by atoms with Crippen molar-refractivity contribution in [2.24, 2.45) is 0 Å². The molecule has 3 rings (SSSR count). The van der Waals surface area contributed by atoms with Crippen LogP contribution in [-0.4, -0.2) is 37.1 Å². The van der Waals surface area contributed by atoms with Gasteiger partial charge in [-0.25, -0.2) is 0 Å². The fourth-order valence-electron chi connectivity index (χ4n) is 3.79. The lowest BCUT2D eigenvalue weighted by Gasteiger charge is -2.38. The second-order valence-corrected chi connectivity index (χ2v) is 8.05. The summed E-state index contributed by atoms with van der Waals surface area (Å²) in [5.74, 6) is -0.0557. The van der Waals surface area contributed by atoms with Gasteiger partial charge in [0.25, 0.3) is 0 Å². The SMILES string of the molecule is Cc1cccc(CC(=O)NCC2(NC(=O)Cc3cccc(C)c3)CCOCC2)c1. The normalized spacial score (nSPS) is 15.5. The number of amides is 2. The molecule has 0 atom stereocenters. The van der Waals surface area contributed by atoms with Crippen LogP contribution in [0.1, 0.15) is 35.1 Å². The van der Waals surface area contributed by atoms with Crippen molar-refractivity contribution in [2.75, 3.05) is 19.8 Å². The summed E-state index contributed by atoms with van der Waals surface area (Å²) in [6.07, 6.45) is 2.06. The first-order valence-electron chi connectivity index (χ1n) is 10.2. The van der Waals surface area contributed by atoms with Crippen LogP contribution in [0.15, 0.2) is 48.5 Å². The van der Waals surface area contributed by atoms with E-state index in [4.69, 9.17) is 4.74 Å². The summed E-state index contributed by atoms with van der Waals surface area (Å²) >= 11 is 0. The monoisotopic (exact) mass is 394 g/mol. The molecule has 2 N–H and O–H groups in total. The van der Waals surface area contributed by atoms with Crippen molar-refractivity contribution in [3.8, 4) is 0 Å². The summed E-state index contributed by atoms with van der Waals surface area (Å²) in [5, 5.41) is 6.23.